The molecule has 1 heterocycles. The Hall–Kier alpha value is -0.420. The van der Waals surface area contributed by atoms with Crippen LogP contribution in [0.25, 0.3) is 0 Å². The van der Waals surface area contributed by atoms with E-state index in [9.17, 15) is 9.50 Å². The molecular formula is C12H9BrClFOS. The number of benzene rings is 1. The maximum Gasteiger partial charge on any atom is 0.130 e. The van der Waals surface area contributed by atoms with Gasteiger partial charge in [-0.1, -0.05) is 33.6 Å². The van der Waals surface area contributed by atoms with Crippen molar-refractivity contribution in [1.82, 2.24) is 0 Å². The van der Waals surface area contributed by atoms with E-state index in [2.05, 4.69) is 15.9 Å². The van der Waals surface area contributed by atoms with Gasteiger partial charge in [-0.2, -0.15) is 0 Å². The highest BCUT2D eigenvalue weighted by Gasteiger charge is 2.17. The van der Waals surface area contributed by atoms with E-state index >= 15 is 0 Å². The molecule has 0 saturated heterocycles. The number of rotatable bonds is 3. The summed E-state index contributed by atoms with van der Waals surface area (Å²) in [4.78, 5) is 0.928. The lowest BCUT2D eigenvalue weighted by Crippen LogP contribution is -2.04. The minimum Gasteiger partial charge on any atom is -0.388 e. The smallest absolute Gasteiger partial charge is 0.130 e. The summed E-state index contributed by atoms with van der Waals surface area (Å²) < 4.78 is 14.8. The fraction of sp³-hybridized carbons (Fsp3) is 0.167. The molecule has 1 N–H and O–H groups in total. The molecule has 1 nitrogen and oxygen atoms in total. The summed E-state index contributed by atoms with van der Waals surface area (Å²) in [5.74, 6) is -0.408. The monoisotopic (exact) mass is 334 g/mol. The molecule has 5 heteroatoms. The summed E-state index contributed by atoms with van der Waals surface area (Å²) in [5, 5.41) is 10.0. The van der Waals surface area contributed by atoms with E-state index < -0.39 is 11.9 Å². The Morgan fingerprint density at radius 1 is 1.35 bits per heavy atom. The van der Waals surface area contributed by atoms with Crippen molar-refractivity contribution in [3.05, 3.63) is 55.4 Å². The Balaban J connectivity index is 2.22. The summed E-state index contributed by atoms with van der Waals surface area (Å²) in [6.45, 7) is 0. The van der Waals surface area contributed by atoms with Crippen molar-refractivity contribution in [2.24, 2.45) is 0 Å². The van der Waals surface area contributed by atoms with E-state index in [1.165, 1.54) is 17.4 Å². The molecule has 90 valence electrons. The van der Waals surface area contributed by atoms with Crippen molar-refractivity contribution in [2.45, 2.75) is 12.5 Å². The van der Waals surface area contributed by atoms with E-state index in [1.54, 1.807) is 18.2 Å². The van der Waals surface area contributed by atoms with E-state index in [0.717, 1.165) is 4.88 Å². The first kappa shape index (κ1) is 13.0. The third-order valence-electron chi connectivity index (χ3n) is 2.36. The number of thiophene rings is 1. The van der Waals surface area contributed by atoms with Gasteiger partial charge in [-0.25, -0.2) is 4.39 Å². The zero-order valence-corrected chi connectivity index (χ0v) is 11.8. The molecule has 1 unspecified atom stereocenters. The number of halogens is 3. The fourth-order valence-electron chi connectivity index (χ4n) is 1.58. The standard InChI is InChI=1S/C12H9BrClFOS/c13-8-2-1-3-9(15)12(8)10(16)6-7-4-5-11(14)17-7/h1-5,10,16H,6H2. The topological polar surface area (TPSA) is 20.2 Å². The lowest BCUT2D eigenvalue weighted by molar-refractivity contribution is 0.174. The maximum absolute atomic E-state index is 13.6. The number of hydrogen-bond donors (Lipinski definition) is 1. The van der Waals surface area contributed by atoms with Gasteiger partial charge >= 0.3 is 0 Å². The van der Waals surface area contributed by atoms with Crippen LogP contribution in [0.15, 0.2) is 34.8 Å². The molecular weight excluding hydrogens is 327 g/mol. The number of aliphatic hydroxyl groups is 1. The first-order valence-electron chi connectivity index (χ1n) is 4.94. The summed E-state index contributed by atoms with van der Waals surface area (Å²) in [5.41, 5.74) is 0.289. The van der Waals surface area contributed by atoms with Crippen LogP contribution < -0.4 is 0 Å². The van der Waals surface area contributed by atoms with Crippen LogP contribution in [0.5, 0.6) is 0 Å². The lowest BCUT2D eigenvalue weighted by atomic mass is 10.1. The van der Waals surface area contributed by atoms with Crippen molar-refractivity contribution >= 4 is 38.9 Å². The number of aliphatic hydroxyl groups excluding tert-OH is 1. The molecule has 0 spiro atoms. The predicted molar refractivity (Wildman–Crippen MR) is 72.1 cm³/mol. The molecule has 0 fully saturated rings. The Labute approximate surface area is 116 Å². The molecule has 0 aliphatic carbocycles. The van der Waals surface area contributed by atoms with E-state index in [1.807, 2.05) is 6.07 Å². The van der Waals surface area contributed by atoms with Crippen molar-refractivity contribution in [1.29, 1.82) is 0 Å². The van der Waals surface area contributed by atoms with Crippen LogP contribution in [0, 0.1) is 5.82 Å². The first-order chi connectivity index (χ1) is 8.08. The highest BCUT2D eigenvalue weighted by molar-refractivity contribution is 9.10. The van der Waals surface area contributed by atoms with Crippen molar-refractivity contribution < 1.29 is 9.50 Å². The van der Waals surface area contributed by atoms with Crippen LogP contribution >= 0.6 is 38.9 Å². The largest absolute Gasteiger partial charge is 0.388 e. The maximum atomic E-state index is 13.6. The molecule has 1 aromatic carbocycles. The van der Waals surface area contributed by atoms with Crippen LogP contribution in [-0.4, -0.2) is 5.11 Å². The number of hydrogen-bond acceptors (Lipinski definition) is 2. The molecule has 2 rings (SSSR count). The second-order valence-corrected chi connectivity index (χ2v) is 6.22. The van der Waals surface area contributed by atoms with E-state index in [-0.39, 0.29) is 5.56 Å². The SMILES string of the molecule is OC(Cc1ccc(Cl)s1)c1c(F)cccc1Br. The van der Waals surface area contributed by atoms with E-state index in [0.29, 0.717) is 15.2 Å². The van der Waals surface area contributed by atoms with Crippen molar-refractivity contribution in [3.63, 3.8) is 0 Å². The van der Waals surface area contributed by atoms with Gasteiger partial charge in [-0.05, 0) is 24.3 Å². The average Bonchev–Trinajstić information content (AvgIpc) is 2.63. The van der Waals surface area contributed by atoms with Gasteiger partial charge in [0.25, 0.3) is 0 Å². The Morgan fingerprint density at radius 2 is 2.12 bits per heavy atom. The molecule has 1 aromatic heterocycles. The van der Waals surface area contributed by atoms with Crippen LogP contribution in [0.2, 0.25) is 4.34 Å². The Bertz CT molecular complexity index is 509. The highest BCUT2D eigenvalue weighted by atomic mass is 79.9. The molecule has 0 saturated carbocycles. The second kappa shape index (κ2) is 5.48. The van der Waals surface area contributed by atoms with E-state index in [4.69, 9.17) is 11.6 Å². The van der Waals surface area contributed by atoms with Gasteiger partial charge in [0.2, 0.25) is 0 Å². The predicted octanol–water partition coefficient (Wildman–Crippen LogP) is 4.58. The van der Waals surface area contributed by atoms with Gasteiger partial charge in [-0.15, -0.1) is 11.3 Å². The third-order valence-corrected chi connectivity index (χ3v) is 4.30. The molecule has 17 heavy (non-hydrogen) atoms. The lowest BCUT2D eigenvalue weighted by Gasteiger charge is -2.12. The van der Waals surface area contributed by atoms with Crippen molar-refractivity contribution in [2.75, 3.05) is 0 Å². The molecule has 0 amide bonds. The quantitative estimate of drug-likeness (QED) is 0.870. The minimum atomic E-state index is -0.875. The molecule has 0 radical (unpaired) electrons. The van der Waals surface area contributed by atoms with Gasteiger partial charge in [0.15, 0.2) is 0 Å². The first-order valence-corrected chi connectivity index (χ1v) is 6.93. The van der Waals surface area contributed by atoms with Gasteiger partial charge in [0.1, 0.15) is 5.82 Å². The second-order valence-electron chi connectivity index (χ2n) is 3.56. The third kappa shape index (κ3) is 3.07. The molecule has 1 atom stereocenters. The Kier molecular flexibility index (Phi) is 4.20. The molecule has 0 aliphatic heterocycles. The zero-order chi connectivity index (χ0) is 12.4. The summed E-state index contributed by atoms with van der Waals surface area (Å²) in [6.07, 6.45) is -0.517. The minimum absolute atomic E-state index is 0.289. The Morgan fingerprint density at radius 3 is 2.71 bits per heavy atom. The molecule has 0 aliphatic rings. The van der Waals surface area contributed by atoms with Crippen molar-refractivity contribution in [3.8, 4) is 0 Å². The summed E-state index contributed by atoms with van der Waals surface area (Å²) in [6, 6.07) is 8.25. The molecule has 0 bridgehead atoms. The summed E-state index contributed by atoms with van der Waals surface area (Å²) in [7, 11) is 0. The summed E-state index contributed by atoms with van der Waals surface area (Å²) >= 11 is 10.4. The zero-order valence-electron chi connectivity index (χ0n) is 8.66. The average molecular weight is 336 g/mol. The molecule has 2 aromatic rings. The van der Waals surface area contributed by atoms with Crippen LogP contribution in [-0.2, 0) is 6.42 Å². The fourth-order valence-corrected chi connectivity index (χ4v) is 3.31. The van der Waals surface area contributed by atoms with Gasteiger partial charge in [-0.3, -0.25) is 0 Å². The highest BCUT2D eigenvalue weighted by Crippen LogP contribution is 2.31. The van der Waals surface area contributed by atoms with Crippen LogP contribution in [0.4, 0.5) is 4.39 Å². The van der Waals surface area contributed by atoms with Gasteiger partial charge < -0.3 is 5.11 Å². The van der Waals surface area contributed by atoms with Gasteiger partial charge in [0.05, 0.1) is 10.4 Å². The van der Waals surface area contributed by atoms with Gasteiger partial charge in [0, 0.05) is 21.3 Å². The van der Waals surface area contributed by atoms with Crippen LogP contribution in [0.1, 0.15) is 16.5 Å². The van der Waals surface area contributed by atoms with Crippen LogP contribution in [0.3, 0.4) is 0 Å². The normalized spacial score (nSPS) is 12.7.